The Morgan fingerprint density at radius 2 is 1.80 bits per heavy atom. The zero-order valence-electron chi connectivity index (χ0n) is 12.0. The van der Waals surface area contributed by atoms with E-state index in [1.54, 1.807) is 0 Å². The first kappa shape index (κ1) is 12.8. The molecule has 4 heteroatoms. The molecule has 3 aliphatic heterocycles. The summed E-state index contributed by atoms with van der Waals surface area (Å²) in [4.78, 5) is 5.29. The van der Waals surface area contributed by atoms with Crippen molar-refractivity contribution >= 4 is 0 Å². The zero-order chi connectivity index (χ0) is 13.4. The summed E-state index contributed by atoms with van der Waals surface area (Å²) in [7, 11) is 0. The maximum absolute atomic E-state index is 3.87. The SMILES string of the molecule is c1ccc([C@@]23NCCCN2CCN2CCCN[C@@H]23)cc1. The molecule has 0 unspecified atom stereocenters. The second-order valence-corrected chi connectivity index (χ2v) is 6.15. The molecule has 3 saturated heterocycles. The lowest BCUT2D eigenvalue weighted by molar-refractivity contribution is -0.116. The number of rotatable bonds is 1. The molecule has 20 heavy (non-hydrogen) atoms. The van der Waals surface area contributed by atoms with Crippen molar-refractivity contribution in [3.63, 3.8) is 0 Å². The number of hydrogen-bond acceptors (Lipinski definition) is 4. The lowest BCUT2D eigenvalue weighted by Crippen LogP contribution is -2.78. The lowest BCUT2D eigenvalue weighted by Gasteiger charge is -2.60. The first-order valence-corrected chi connectivity index (χ1v) is 7.94. The topological polar surface area (TPSA) is 30.5 Å². The van der Waals surface area contributed by atoms with Crippen LogP contribution in [0.4, 0.5) is 0 Å². The molecule has 0 aromatic heterocycles. The van der Waals surface area contributed by atoms with E-state index in [-0.39, 0.29) is 5.66 Å². The first-order valence-electron chi connectivity index (χ1n) is 7.94. The van der Waals surface area contributed by atoms with Gasteiger partial charge in [0, 0.05) is 26.2 Å². The Bertz CT molecular complexity index is 463. The molecule has 4 nitrogen and oxygen atoms in total. The highest BCUT2D eigenvalue weighted by atomic mass is 15.5. The van der Waals surface area contributed by atoms with Crippen LogP contribution < -0.4 is 10.6 Å². The van der Waals surface area contributed by atoms with Gasteiger partial charge < -0.3 is 0 Å². The molecule has 108 valence electrons. The Kier molecular flexibility index (Phi) is 3.27. The average Bonchev–Trinajstić information content (AvgIpc) is 2.55. The van der Waals surface area contributed by atoms with Crippen LogP contribution in [0.1, 0.15) is 18.4 Å². The molecule has 1 aromatic rings. The zero-order valence-corrected chi connectivity index (χ0v) is 12.0. The molecule has 2 atom stereocenters. The molecule has 0 bridgehead atoms. The highest BCUT2D eigenvalue weighted by molar-refractivity contribution is 5.28. The van der Waals surface area contributed by atoms with Crippen molar-refractivity contribution in [2.24, 2.45) is 0 Å². The van der Waals surface area contributed by atoms with Gasteiger partial charge in [0.25, 0.3) is 0 Å². The number of nitrogens with one attached hydrogen (secondary N) is 2. The van der Waals surface area contributed by atoms with Gasteiger partial charge in [0.1, 0.15) is 5.66 Å². The predicted octanol–water partition coefficient (Wildman–Crippen LogP) is 0.770. The van der Waals surface area contributed by atoms with Gasteiger partial charge >= 0.3 is 0 Å². The second kappa shape index (κ2) is 5.11. The van der Waals surface area contributed by atoms with Crippen molar-refractivity contribution in [1.82, 2.24) is 20.4 Å². The molecule has 4 rings (SSSR count). The van der Waals surface area contributed by atoms with Crippen LogP contribution in [0.5, 0.6) is 0 Å². The predicted molar refractivity (Wildman–Crippen MR) is 80.3 cm³/mol. The molecular formula is C16H24N4. The summed E-state index contributed by atoms with van der Waals surface area (Å²) < 4.78 is 0. The van der Waals surface area contributed by atoms with Crippen LogP contribution in [0.15, 0.2) is 30.3 Å². The minimum absolute atomic E-state index is 0.0435. The van der Waals surface area contributed by atoms with Crippen LogP contribution in [0.3, 0.4) is 0 Å². The van der Waals surface area contributed by atoms with E-state index in [4.69, 9.17) is 0 Å². The number of piperazine rings is 1. The van der Waals surface area contributed by atoms with Crippen LogP contribution in [-0.2, 0) is 5.66 Å². The second-order valence-electron chi connectivity index (χ2n) is 6.15. The fourth-order valence-corrected chi connectivity index (χ4v) is 4.21. The van der Waals surface area contributed by atoms with E-state index >= 15 is 0 Å². The van der Waals surface area contributed by atoms with Gasteiger partial charge in [-0.05, 0) is 31.5 Å². The number of benzene rings is 1. The highest BCUT2D eigenvalue weighted by Gasteiger charge is 2.52. The standard InChI is InChI=1S/C16H24N4/c1-2-6-14(7-3-1)16-15-17-8-4-10-19(15)12-13-20(16)11-5-9-18-16/h1-3,6-7,15,17-18H,4-5,8-13H2/t15-,16+/m0/s1. The van der Waals surface area contributed by atoms with Crippen LogP contribution in [0.2, 0.25) is 0 Å². The lowest BCUT2D eigenvalue weighted by atomic mass is 9.87. The summed E-state index contributed by atoms with van der Waals surface area (Å²) in [5, 5.41) is 7.65. The van der Waals surface area contributed by atoms with Gasteiger partial charge in [-0.1, -0.05) is 30.3 Å². The van der Waals surface area contributed by atoms with Crippen molar-refractivity contribution in [2.45, 2.75) is 24.7 Å². The van der Waals surface area contributed by atoms with Gasteiger partial charge in [-0.25, -0.2) is 0 Å². The van der Waals surface area contributed by atoms with Crippen molar-refractivity contribution in [3.8, 4) is 0 Å². The molecular weight excluding hydrogens is 248 g/mol. The fourth-order valence-electron chi connectivity index (χ4n) is 4.21. The Morgan fingerprint density at radius 1 is 0.950 bits per heavy atom. The largest absolute Gasteiger partial charge is 0.299 e. The van der Waals surface area contributed by atoms with E-state index in [9.17, 15) is 0 Å². The monoisotopic (exact) mass is 272 g/mol. The highest BCUT2D eigenvalue weighted by Crippen LogP contribution is 2.37. The van der Waals surface area contributed by atoms with Crippen molar-refractivity contribution in [2.75, 3.05) is 39.3 Å². The summed E-state index contributed by atoms with van der Waals surface area (Å²) >= 11 is 0. The summed E-state index contributed by atoms with van der Waals surface area (Å²) in [6, 6.07) is 11.0. The molecule has 3 fully saturated rings. The molecule has 0 amide bonds. The quantitative estimate of drug-likeness (QED) is 0.790. The summed E-state index contributed by atoms with van der Waals surface area (Å²) in [6.07, 6.45) is 2.91. The van der Waals surface area contributed by atoms with Gasteiger partial charge in [0.15, 0.2) is 0 Å². The fraction of sp³-hybridized carbons (Fsp3) is 0.625. The van der Waals surface area contributed by atoms with Gasteiger partial charge in [0.05, 0.1) is 6.17 Å². The van der Waals surface area contributed by atoms with Gasteiger partial charge in [-0.15, -0.1) is 0 Å². The number of hydrogen-bond donors (Lipinski definition) is 2. The van der Waals surface area contributed by atoms with Crippen LogP contribution in [-0.4, -0.2) is 55.2 Å². The van der Waals surface area contributed by atoms with Crippen molar-refractivity contribution in [1.29, 1.82) is 0 Å². The van der Waals surface area contributed by atoms with E-state index in [1.165, 1.54) is 44.6 Å². The van der Waals surface area contributed by atoms with Gasteiger partial charge in [0.2, 0.25) is 0 Å². The average molecular weight is 272 g/mol. The van der Waals surface area contributed by atoms with Gasteiger partial charge in [-0.2, -0.15) is 0 Å². The Balaban J connectivity index is 1.79. The molecule has 2 N–H and O–H groups in total. The number of fused-ring (bicyclic) bond motifs is 3. The third-order valence-electron chi connectivity index (χ3n) is 5.09. The molecule has 3 heterocycles. The Morgan fingerprint density at radius 3 is 2.70 bits per heavy atom. The third kappa shape index (κ3) is 1.83. The van der Waals surface area contributed by atoms with Crippen molar-refractivity contribution < 1.29 is 0 Å². The van der Waals surface area contributed by atoms with E-state index in [2.05, 4.69) is 50.8 Å². The molecule has 0 saturated carbocycles. The Hall–Kier alpha value is -0.940. The third-order valence-corrected chi connectivity index (χ3v) is 5.09. The van der Waals surface area contributed by atoms with E-state index < -0.39 is 0 Å². The molecule has 0 aliphatic carbocycles. The summed E-state index contributed by atoms with van der Waals surface area (Å²) in [5.41, 5.74) is 1.36. The normalized spacial score (nSPS) is 35.3. The van der Waals surface area contributed by atoms with Crippen LogP contribution >= 0.6 is 0 Å². The Labute approximate surface area is 121 Å². The van der Waals surface area contributed by atoms with E-state index in [0.29, 0.717) is 6.17 Å². The maximum Gasteiger partial charge on any atom is 0.127 e. The van der Waals surface area contributed by atoms with Gasteiger partial charge in [-0.3, -0.25) is 20.4 Å². The van der Waals surface area contributed by atoms with Crippen LogP contribution in [0, 0.1) is 0 Å². The molecule has 3 aliphatic rings. The maximum atomic E-state index is 3.87. The first-order chi connectivity index (χ1) is 9.91. The van der Waals surface area contributed by atoms with Crippen LogP contribution in [0.25, 0.3) is 0 Å². The van der Waals surface area contributed by atoms with E-state index in [0.717, 1.165) is 13.1 Å². The van der Waals surface area contributed by atoms with Crippen molar-refractivity contribution in [3.05, 3.63) is 35.9 Å². The summed E-state index contributed by atoms with van der Waals surface area (Å²) in [6.45, 7) is 7.02. The van der Waals surface area contributed by atoms with E-state index in [1.807, 2.05) is 0 Å². The number of nitrogens with zero attached hydrogens (tertiary/aromatic N) is 2. The molecule has 1 aromatic carbocycles. The molecule has 0 spiro atoms. The molecule has 0 radical (unpaired) electrons. The minimum Gasteiger partial charge on any atom is -0.299 e. The summed E-state index contributed by atoms with van der Waals surface area (Å²) in [5.74, 6) is 0. The minimum atomic E-state index is -0.0435. The smallest absolute Gasteiger partial charge is 0.127 e.